The van der Waals surface area contributed by atoms with Gasteiger partial charge < -0.3 is 15.5 Å². The zero-order valence-corrected chi connectivity index (χ0v) is 16.4. The van der Waals surface area contributed by atoms with E-state index < -0.39 is 0 Å². The number of aliphatic imine (C=N–C) groups is 1. The van der Waals surface area contributed by atoms with Crippen LogP contribution in [0.15, 0.2) is 23.5 Å². The lowest BCUT2D eigenvalue weighted by molar-refractivity contribution is 0.0773. The van der Waals surface area contributed by atoms with E-state index >= 15 is 0 Å². The van der Waals surface area contributed by atoms with Crippen LogP contribution >= 0.6 is 0 Å². The summed E-state index contributed by atoms with van der Waals surface area (Å²) in [6.45, 7) is 13.4. The Balaban J connectivity index is 1.52. The minimum absolute atomic E-state index is 0.0546. The topological polar surface area (TPSA) is 73.9 Å². The van der Waals surface area contributed by atoms with E-state index in [0.29, 0.717) is 5.96 Å². The number of rotatable bonds is 4. The first-order valence-corrected chi connectivity index (χ1v) is 9.77. The van der Waals surface area contributed by atoms with Gasteiger partial charge in [0, 0.05) is 50.7 Å². The van der Waals surface area contributed by atoms with Crippen molar-refractivity contribution in [2.24, 2.45) is 16.6 Å². The molecule has 2 aliphatic heterocycles. The van der Waals surface area contributed by atoms with Crippen LogP contribution < -0.4 is 10.6 Å². The molecule has 0 radical (unpaired) electrons. The normalized spacial score (nSPS) is 23.3. The molecule has 0 spiro atoms. The molecule has 3 rings (SSSR count). The molecule has 0 saturated carbocycles. The first-order valence-electron chi connectivity index (χ1n) is 9.77. The average Bonchev–Trinajstić information content (AvgIpc) is 2.67. The Morgan fingerprint density at radius 2 is 1.88 bits per heavy atom. The number of piperidine rings is 1. The summed E-state index contributed by atoms with van der Waals surface area (Å²) in [5, 5.41) is 0. The number of anilines is 1. The van der Waals surface area contributed by atoms with E-state index in [0.717, 1.165) is 51.1 Å². The summed E-state index contributed by atoms with van der Waals surface area (Å²) in [4.78, 5) is 20.3. The van der Waals surface area contributed by atoms with E-state index in [4.69, 9.17) is 10.7 Å². The molecule has 7 heteroatoms. The van der Waals surface area contributed by atoms with E-state index in [1.807, 2.05) is 6.07 Å². The minimum Gasteiger partial charge on any atom is -0.370 e. The summed E-state index contributed by atoms with van der Waals surface area (Å²) in [6, 6.07) is 1.84. The zero-order valence-electron chi connectivity index (χ0n) is 16.4. The van der Waals surface area contributed by atoms with Crippen molar-refractivity contribution in [3.05, 3.63) is 18.5 Å². The van der Waals surface area contributed by atoms with Gasteiger partial charge in [0.05, 0.1) is 6.54 Å². The third kappa shape index (κ3) is 4.63. The molecule has 1 atom stereocenters. The quantitative estimate of drug-likeness (QED) is 0.647. The van der Waals surface area contributed by atoms with Crippen molar-refractivity contribution in [2.75, 3.05) is 50.7 Å². The molecule has 3 heterocycles. The molecular weight excluding hydrogens is 326 g/mol. The highest BCUT2D eigenvalue weighted by Crippen LogP contribution is 2.24. The number of guanidine groups is 1. The minimum atomic E-state index is 0.0546. The van der Waals surface area contributed by atoms with E-state index in [9.17, 15) is 0 Å². The molecule has 2 fully saturated rings. The van der Waals surface area contributed by atoms with Gasteiger partial charge in [-0.15, -0.1) is 0 Å². The highest BCUT2D eigenvalue weighted by Gasteiger charge is 2.30. The fourth-order valence-corrected chi connectivity index (χ4v) is 3.80. The number of hydrogen-bond acceptors (Lipinski definition) is 5. The van der Waals surface area contributed by atoms with Crippen molar-refractivity contribution in [3.63, 3.8) is 0 Å². The van der Waals surface area contributed by atoms with Crippen LogP contribution in [0.25, 0.3) is 0 Å². The van der Waals surface area contributed by atoms with Crippen LogP contribution in [0.1, 0.15) is 33.6 Å². The van der Waals surface area contributed by atoms with E-state index in [2.05, 4.69) is 45.4 Å². The van der Waals surface area contributed by atoms with Crippen molar-refractivity contribution in [3.8, 4) is 0 Å². The van der Waals surface area contributed by atoms with Gasteiger partial charge in [-0.2, -0.15) is 0 Å². The molecule has 7 nitrogen and oxygen atoms in total. The van der Waals surface area contributed by atoms with Gasteiger partial charge in [0.25, 0.3) is 0 Å². The SMILES string of the molecule is CC1CCCN(C(C)(C)CN=C(N)N2CCN(c3ncccn3)CC2)C1. The lowest BCUT2D eigenvalue weighted by Crippen LogP contribution is -2.53. The van der Waals surface area contributed by atoms with Crippen molar-refractivity contribution in [1.29, 1.82) is 0 Å². The van der Waals surface area contributed by atoms with E-state index in [-0.39, 0.29) is 5.54 Å². The lowest BCUT2D eigenvalue weighted by atomic mass is 9.94. The Morgan fingerprint density at radius 3 is 2.54 bits per heavy atom. The predicted molar refractivity (Wildman–Crippen MR) is 106 cm³/mol. The van der Waals surface area contributed by atoms with Crippen molar-refractivity contribution >= 4 is 11.9 Å². The molecule has 2 N–H and O–H groups in total. The Labute approximate surface area is 157 Å². The Morgan fingerprint density at radius 1 is 1.19 bits per heavy atom. The number of hydrogen-bond donors (Lipinski definition) is 1. The van der Waals surface area contributed by atoms with Gasteiger partial charge in [0.2, 0.25) is 5.95 Å². The second kappa shape index (κ2) is 8.20. The van der Waals surface area contributed by atoms with Crippen molar-refractivity contribution in [2.45, 2.75) is 39.2 Å². The molecule has 1 aromatic heterocycles. The second-order valence-electron chi connectivity index (χ2n) is 8.20. The molecule has 26 heavy (non-hydrogen) atoms. The summed E-state index contributed by atoms with van der Waals surface area (Å²) >= 11 is 0. The van der Waals surface area contributed by atoms with Gasteiger partial charge in [0.15, 0.2) is 5.96 Å². The number of aromatic nitrogens is 2. The molecular formula is C19H33N7. The Bertz CT molecular complexity index is 593. The van der Waals surface area contributed by atoms with Crippen molar-refractivity contribution in [1.82, 2.24) is 19.8 Å². The maximum Gasteiger partial charge on any atom is 0.225 e. The molecule has 2 saturated heterocycles. The van der Waals surface area contributed by atoms with E-state index in [1.165, 1.54) is 19.4 Å². The highest BCUT2D eigenvalue weighted by molar-refractivity contribution is 5.78. The molecule has 1 aromatic rings. The predicted octanol–water partition coefficient (Wildman–Crippen LogP) is 1.42. The first-order chi connectivity index (χ1) is 12.5. The number of nitrogens with two attached hydrogens (primary N) is 1. The third-order valence-corrected chi connectivity index (χ3v) is 5.58. The van der Waals surface area contributed by atoms with Crippen LogP contribution in [0.5, 0.6) is 0 Å². The van der Waals surface area contributed by atoms with Gasteiger partial charge in [0.1, 0.15) is 0 Å². The molecule has 0 amide bonds. The zero-order chi connectivity index (χ0) is 18.6. The van der Waals surface area contributed by atoms with Crippen molar-refractivity contribution < 1.29 is 0 Å². The molecule has 2 aliphatic rings. The second-order valence-corrected chi connectivity index (χ2v) is 8.20. The largest absolute Gasteiger partial charge is 0.370 e. The fourth-order valence-electron chi connectivity index (χ4n) is 3.80. The molecule has 0 bridgehead atoms. The maximum atomic E-state index is 6.30. The van der Waals surface area contributed by atoms with Gasteiger partial charge in [-0.05, 0) is 45.2 Å². The standard InChI is InChI=1S/C19H33N7/c1-16-6-4-9-26(14-16)19(2,3)15-23-17(20)24-10-12-25(13-11-24)18-21-7-5-8-22-18/h5,7-8,16H,4,6,9-15H2,1-3H3,(H2,20,23). The van der Waals surface area contributed by atoms with Crippen LogP contribution in [0.2, 0.25) is 0 Å². The van der Waals surface area contributed by atoms with Crippen LogP contribution in [0, 0.1) is 5.92 Å². The fraction of sp³-hybridized carbons (Fsp3) is 0.737. The lowest BCUT2D eigenvalue weighted by Gasteiger charge is -2.42. The third-order valence-electron chi connectivity index (χ3n) is 5.58. The highest BCUT2D eigenvalue weighted by atomic mass is 15.4. The summed E-state index contributed by atoms with van der Waals surface area (Å²) < 4.78 is 0. The summed E-state index contributed by atoms with van der Waals surface area (Å²) in [5.74, 6) is 2.23. The summed E-state index contributed by atoms with van der Waals surface area (Å²) in [5.41, 5.74) is 6.36. The van der Waals surface area contributed by atoms with Crippen LogP contribution in [0.4, 0.5) is 5.95 Å². The monoisotopic (exact) mass is 359 g/mol. The van der Waals surface area contributed by atoms with Crippen LogP contribution in [-0.2, 0) is 0 Å². The molecule has 0 aromatic carbocycles. The number of piperazine rings is 1. The smallest absolute Gasteiger partial charge is 0.225 e. The van der Waals surface area contributed by atoms with Crippen LogP contribution in [0.3, 0.4) is 0 Å². The van der Waals surface area contributed by atoms with Gasteiger partial charge >= 0.3 is 0 Å². The van der Waals surface area contributed by atoms with E-state index in [1.54, 1.807) is 12.4 Å². The molecule has 1 unspecified atom stereocenters. The summed E-state index contributed by atoms with van der Waals surface area (Å²) in [7, 11) is 0. The number of likely N-dealkylation sites (tertiary alicyclic amines) is 1. The Kier molecular flexibility index (Phi) is 5.96. The van der Waals surface area contributed by atoms with Gasteiger partial charge in [-0.1, -0.05) is 6.92 Å². The Hall–Kier alpha value is -1.89. The van der Waals surface area contributed by atoms with Gasteiger partial charge in [-0.3, -0.25) is 9.89 Å². The van der Waals surface area contributed by atoms with Crippen LogP contribution in [-0.4, -0.2) is 77.1 Å². The van der Waals surface area contributed by atoms with Gasteiger partial charge in [-0.25, -0.2) is 9.97 Å². The number of nitrogens with zero attached hydrogens (tertiary/aromatic N) is 6. The first kappa shape index (κ1) is 18.9. The molecule has 144 valence electrons. The summed E-state index contributed by atoms with van der Waals surface area (Å²) in [6.07, 6.45) is 6.20. The maximum absolute atomic E-state index is 6.30. The molecule has 0 aliphatic carbocycles. The average molecular weight is 360 g/mol.